The van der Waals surface area contributed by atoms with Crippen LogP contribution in [0.3, 0.4) is 0 Å². The van der Waals surface area contributed by atoms with Crippen LogP contribution in [-0.2, 0) is 0 Å². The number of isothiocyanates is 1. The quantitative estimate of drug-likeness (QED) is 0.637. The van der Waals surface area contributed by atoms with E-state index >= 15 is 0 Å². The third-order valence-electron chi connectivity index (χ3n) is 1.62. The average molecular weight is 228 g/mol. The summed E-state index contributed by atoms with van der Waals surface area (Å²) in [6, 6.07) is -0.218. The van der Waals surface area contributed by atoms with Crippen LogP contribution in [0.4, 0.5) is 0 Å². The summed E-state index contributed by atoms with van der Waals surface area (Å²) in [5, 5.41) is 11.7. The maximum Gasteiger partial charge on any atom is 0.355 e. The lowest BCUT2D eigenvalue weighted by Crippen LogP contribution is -1.99. The third-order valence-corrected chi connectivity index (χ3v) is 2.87. The summed E-state index contributed by atoms with van der Waals surface area (Å²) < 4.78 is 0. The summed E-state index contributed by atoms with van der Waals surface area (Å²) in [4.78, 5) is 19.2. The number of carbonyl (C=O) groups is 1. The Morgan fingerprint density at radius 2 is 2.43 bits per heavy atom. The van der Waals surface area contributed by atoms with Gasteiger partial charge in [0.05, 0.1) is 5.16 Å². The Morgan fingerprint density at radius 3 is 2.86 bits per heavy atom. The topological polar surface area (TPSA) is 62.5 Å². The number of carboxylic acid groups (broad SMARTS) is 1. The fourth-order valence-electron chi connectivity index (χ4n) is 0.928. The Bertz CT molecular complexity index is 407. The van der Waals surface area contributed by atoms with Crippen LogP contribution in [0.1, 0.15) is 33.3 Å². The van der Waals surface area contributed by atoms with Crippen molar-refractivity contribution in [3.05, 3.63) is 15.6 Å². The second-order valence-corrected chi connectivity index (χ2v) is 4.08. The number of aromatic nitrogens is 1. The van der Waals surface area contributed by atoms with E-state index in [0.717, 1.165) is 0 Å². The number of thiazole rings is 1. The van der Waals surface area contributed by atoms with Crippen LogP contribution in [0.2, 0.25) is 0 Å². The lowest BCUT2D eigenvalue weighted by molar-refractivity contribution is 0.0690. The number of rotatable bonds is 3. The predicted molar refractivity (Wildman–Crippen MR) is 57.3 cm³/mol. The van der Waals surface area contributed by atoms with Crippen molar-refractivity contribution in [3.8, 4) is 0 Å². The molecule has 1 aromatic rings. The van der Waals surface area contributed by atoms with Gasteiger partial charge in [-0.25, -0.2) is 14.8 Å². The molecule has 4 nitrogen and oxygen atoms in total. The first-order valence-electron chi connectivity index (χ1n) is 3.84. The van der Waals surface area contributed by atoms with Gasteiger partial charge >= 0.3 is 5.97 Å². The van der Waals surface area contributed by atoms with Gasteiger partial charge in [-0.1, -0.05) is 0 Å². The summed E-state index contributed by atoms with van der Waals surface area (Å²) in [5.41, 5.74) is 0.0939. The Hall–Kier alpha value is -1.10. The minimum Gasteiger partial charge on any atom is -0.476 e. The number of nitrogens with zero attached hydrogens (tertiary/aromatic N) is 2. The number of thiocarbonyl (C=S) groups is 1. The fraction of sp³-hybridized carbons (Fsp3) is 0.375. The molecule has 6 heteroatoms. The van der Waals surface area contributed by atoms with Gasteiger partial charge in [-0.3, -0.25) is 0 Å². The maximum absolute atomic E-state index is 10.7. The van der Waals surface area contributed by atoms with Crippen molar-refractivity contribution in [3.63, 3.8) is 0 Å². The molecule has 1 heterocycles. The molecule has 1 atom stereocenters. The summed E-state index contributed by atoms with van der Waals surface area (Å²) in [6.45, 7) is 3.52. The molecule has 0 spiro atoms. The minimum atomic E-state index is -1.01. The highest BCUT2D eigenvalue weighted by molar-refractivity contribution is 7.78. The molecule has 0 amide bonds. The SMILES string of the molecule is Cc1sc(C(C)N=C=S)nc1C(=O)O. The van der Waals surface area contributed by atoms with E-state index in [-0.39, 0.29) is 11.7 Å². The van der Waals surface area contributed by atoms with Gasteiger partial charge in [0.2, 0.25) is 0 Å². The molecule has 0 saturated carbocycles. The second-order valence-electron chi connectivity index (χ2n) is 2.66. The summed E-state index contributed by atoms with van der Waals surface area (Å²) >= 11 is 5.78. The number of carboxylic acids is 1. The standard InChI is InChI=1S/C8H8N2O2S2/c1-4(9-3-13)7-10-6(8(11)12)5(2)14-7/h4H,1-2H3,(H,11,12). The van der Waals surface area contributed by atoms with Crippen molar-refractivity contribution in [1.29, 1.82) is 0 Å². The molecule has 0 aliphatic heterocycles. The number of aliphatic imine (C=N–C) groups is 1. The van der Waals surface area contributed by atoms with Gasteiger partial charge in [-0.05, 0) is 26.1 Å². The van der Waals surface area contributed by atoms with Crippen molar-refractivity contribution < 1.29 is 9.90 Å². The maximum atomic E-state index is 10.7. The molecular formula is C8H8N2O2S2. The molecule has 0 aromatic carbocycles. The molecule has 0 aliphatic rings. The molecule has 1 rings (SSSR count). The van der Waals surface area contributed by atoms with Gasteiger partial charge in [-0.2, -0.15) is 0 Å². The van der Waals surface area contributed by atoms with E-state index in [4.69, 9.17) is 5.11 Å². The lowest BCUT2D eigenvalue weighted by atomic mass is 10.3. The van der Waals surface area contributed by atoms with E-state index in [1.807, 2.05) is 0 Å². The molecule has 0 bridgehead atoms. The smallest absolute Gasteiger partial charge is 0.355 e. The monoisotopic (exact) mass is 228 g/mol. The number of hydrogen-bond donors (Lipinski definition) is 1. The van der Waals surface area contributed by atoms with Crippen LogP contribution in [0.5, 0.6) is 0 Å². The van der Waals surface area contributed by atoms with Crippen LogP contribution in [0.15, 0.2) is 4.99 Å². The highest BCUT2D eigenvalue weighted by atomic mass is 32.1. The van der Waals surface area contributed by atoms with Crippen LogP contribution in [0.25, 0.3) is 0 Å². The molecule has 74 valence electrons. The van der Waals surface area contributed by atoms with Crippen molar-refractivity contribution >= 4 is 34.7 Å². The highest BCUT2D eigenvalue weighted by Gasteiger charge is 2.16. The Labute approximate surface area is 90.3 Å². The zero-order valence-corrected chi connectivity index (χ0v) is 9.28. The van der Waals surface area contributed by atoms with Crippen LogP contribution in [-0.4, -0.2) is 21.2 Å². The van der Waals surface area contributed by atoms with E-state index in [0.29, 0.717) is 9.88 Å². The Balaban J connectivity index is 3.07. The van der Waals surface area contributed by atoms with Gasteiger partial charge in [0.1, 0.15) is 11.0 Å². The number of aryl methyl sites for hydroxylation is 1. The minimum absolute atomic E-state index is 0.0939. The summed E-state index contributed by atoms with van der Waals surface area (Å²) in [5.74, 6) is -1.01. The zero-order valence-electron chi connectivity index (χ0n) is 7.64. The molecular weight excluding hydrogens is 220 g/mol. The van der Waals surface area contributed by atoms with E-state index in [1.54, 1.807) is 13.8 Å². The van der Waals surface area contributed by atoms with Gasteiger partial charge in [0.15, 0.2) is 5.69 Å². The zero-order chi connectivity index (χ0) is 10.7. The molecule has 1 N–H and O–H groups in total. The Kier molecular flexibility index (Phi) is 3.46. The average Bonchev–Trinajstić information content (AvgIpc) is 2.48. The summed E-state index contributed by atoms with van der Waals surface area (Å²) in [6.07, 6.45) is 0. The fourth-order valence-corrected chi connectivity index (χ4v) is 1.99. The van der Waals surface area contributed by atoms with E-state index in [2.05, 4.69) is 27.4 Å². The number of hydrogen-bond acceptors (Lipinski definition) is 5. The first-order valence-corrected chi connectivity index (χ1v) is 5.06. The van der Waals surface area contributed by atoms with Crippen LogP contribution in [0, 0.1) is 6.92 Å². The molecule has 0 saturated heterocycles. The highest BCUT2D eigenvalue weighted by Crippen LogP contribution is 2.24. The van der Waals surface area contributed by atoms with Crippen molar-refractivity contribution in [1.82, 2.24) is 4.98 Å². The van der Waals surface area contributed by atoms with Crippen molar-refractivity contribution in [2.75, 3.05) is 0 Å². The van der Waals surface area contributed by atoms with Gasteiger partial charge < -0.3 is 5.11 Å². The van der Waals surface area contributed by atoms with Gasteiger partial charge in [0.25, 0.3) is 0 Å². The first-order chi connectivity index (χ1) is 6.56. The normalized spacial score (nSPS) is 11.9. The van der Waals surface area contributed by atoms with E-state index < -0.39 is 5.97 Å². The van der Waals surface area contributed by atoms with E-state index in [9.17, 15) is 4.79 Å². The summed E-state index contributed by atoms with van der Waals surface area (Å²) in [7, 11) is 0. The Morgan fingerprint density at radius 1 is 1.79 bits per heavy atom. The van der Waals surface area contributed by atoms with Crippen LogP contribution >= 0.6 is 23.6 Å². The molecule has 14 heavy (non-hydrogen) atoms. The molecule has 0 fully saturated rings. The van der Waals surface area contributed by atoms with E-state index in [1.165, 1.54) is 11.3 Å². The van der Waals surface area contributed by atoms with Gasteiger partial charge in [0, 0.05) is 4.88 Å². The number of aromatic carboxylic acids is 1. The molecule has 0 radical (unpaired) electrons. The van der Waals surface area contributed by atoms with Crippen molar-refractivity contribution in [2.24, 2.45) is 4.99 Å². The second kappa shape index (κ2) is 4.41. The third kappa shape index (κ3) is 2.23. The van der Waals surface area contributed by atoms with Crippen molar-refractivity contribution in [2.45, 2.75) is 19.9 Å². The van der Waals surface area contributed by atoms with Gasteiger partial charge in [-0.15, -0.1) is 11.3 Å². The molecule has 1 aromatic heterocycles. The predicted octanol–water partition coefficient (Wildman–Crippen LogP) is 2.31. The lowest BCUT2D eigenvalue weighted by Gasteiger charge is -1.96. The largest absolute Gasteiger partial charge is 0.476 e. The van der Waals surface area contributed by atoms with Crippen LogP contribution < -0.4 is 0 Å². The first kappa shape index (κ1) is 11.0. The molecule has 1 unspecified atom stereocenters. The molecule has 0 aliphatic carbocycles.